The van der Waals surface area contributed by atoms with Gasteiger partial charge >= 0.3 is 0 Å². The molecule has 1 aliphatic rings. The van der Waals surface area contributed by atoms with Crippen molar-refractivity contribution in [2.24, 2.45) is 0 Å². The molecule has 6 heteroatoms. The lowest BCUT2D eigenvalue weighted by Gasteiger charge is -2.25. The Morgan fingerprint density at radius 1 is 1.22 bits per heavy atom. The summed E-state index contributed by atoms with van der Waals surface area (Å²) in [6.45, 7) is 3.65. The van der Waals surface area contributed by atoms with Crippen molar-refractivity contribution in [1.82, 2.24) is 20.5 Å². The van der Waals surface area contributed by atoms with Gasteiger partial charge in [-0.05, 0) is 12.1 Å². The first-order valence-electron chi connectivity index (χ1n) is 5.97. The second-order valence-corrected chi connectivity index (χ2v) is 4.23. The van der Waals surface area contributed by atoms with Crippen molar-refractivity contribution in [1.29, 1.82) is 0 Å². The van der Waals surface area contributed by atoms with Gasteiger partial charge in [-0.3, -0.25) is 5.10 Å². The zero-order valence-corrected chi connectivity index (χ0v) is 9.86. The lowest BCUT2D eigenvalue weighted by Crippen LogP contribution is -2.44. The molecule has 0 saturated carbocycles. The fourth-order valence-corrected chi connectivity index (χ4v) is 2.02. The molecule has 0 spiro atoms. The summed E-state index contributed by atoms with van der Waals surface area (Å²) in [7, 11) is 0. The normalized spacial score (nSPS) is 15.9. The number of aromatic nitrogens is 3. The minimum atomic E-state index is -0.271. The first kappa shape index (κ1) is 11.2. The van der Waals surface area contributed by atoms with E-state index in [2.05, 4.69) is 25.4 Å². The second-order valence-electron chi connectivity index (χ2n) is 4.23. The second kappa shape index (κ2) is 4.73. The van der Waals surface area contributed by atoms with Gasteiger partial charge < -0.3 is 10.2 Å². The summed E-state index contributed by atoms with van der Waals surface area (Å²) in [6, 6.07) is 6.34. The maximum Gasteiger partial charge on any atom is 0.245 e. The standard InChI is InChI=1S/C12H14FN5/c13-10-3-1-2-9(8-10)11-15-12(17-16-11)18-6-4-14-5-7-18/h1-3,8,14H,4-7H2,(H,15,16,17). The van der Waals surface area contributed by atoms with E-state index >= 15 is 0 Å². The van der Waals surface area contributed by atoms with Gasteiger partial charge in [0.25, 0.3) is 0 Å². The molecule has 0 radical (unpaired) electrons. The van der Waals surface area contributed by atoms with Crippen molar-refractivity contribution in [3.63, 3.8) is 0 Å². The lowest BCUT2D eigenvalue weighted by atomic mass is 10.2. The zero-order valence-electron chi connectivity index (χ0n) is 9.86. The van der Waals surface area contributed by atoms with Crippen molar-refractivity contribution >= 4 is 5.95 Å². The number of hydrogen-bond donors (Lipinski definition) is 2. The summed E-state index contributed by atoms with van der Waals surface area (Å²) in [4.78, 5) is 6.52. The van der Waals surface area contributed by atoms with E-state index < -0.39 is 0 Å². The molecular weight excluding hydrogens is 233 g/mol. The van der Waals surface area contributed by atoms with Gasteiger partial charge in [0.15, 0.2) is 5.82 Å². The Morgan fingerprint density at radius 2 is 2.06 bits per heavy atom. The van der Waals surface area contributed by atoms with Crippen LogP contribution in [0, 0.1) is 5.82 Å². The van der Waals surface area contributed by atoms with Crippen LogP contribution in [-0.2, 0) is 0 Å². The smallest absolute Gasteiger partial charge is 0.245 e. The minimum absolute atomic E-state index is 0.271. The third kappa shape index (κ3) is 2.19. The summed E-state index contributed by atoms with van der Waals surface area (Å²) >= 11 is 0. The van der Waals surface area contributed by atoms with Crippen LogP contribution < -0.4 is 10.2 Å². The highest BCUT2D eigenvalue weighted by Crippen LogP contribution is 2.18. The van der Waals surface area contributed by atoms with Crippen LogP contribution in [0.5, 0.6) is 0 Å². The molecule has 0 bridgehead atoms. The number of benzene rings is 1. The average molecular weight is 247 g/mol. The maximum atomic E-state index is 13.1. The van der Waals surface area contributed by atoms with Crippen LogP contribution in [0.3, 0.4) is 0 Å². The van der Waals surface area contributed by atoms with Crippen LogP contribution in [0.4, 0.5) is 10.3 Å². The number of hydrogen-bond acceptors (Lipinski definition) is 4. The van der Waals surface area contributed by atoms with E-state index in [0.717, 1.165) is 26.2 Å². The number of aromatic amines is 1. The highest BCUT2D eigenvalue weighted by atomic mass is 19.1. The molecule has 2 heterocycles. The molecule has 3 rings (SSSR count). The highest BCUT2D eigenvalue weighted by Gasteiger charge is 2.15. The summed E-state index contributed by atoms with van der Waals surface area (Å²) in [5, 5.41) is 10.3. The Balaban J connectivity index is 1.84. The van der Waals surface area contributed by atoms with Gasteiger partial charge in [-0.2, -0.15) is 4.98 Å². The zero-order chi connectivity index (χ0) is 12.4. The van der Waals surface area contributed by atoms with Crippen LogP contribution >= 0.6 is 0 Å². The van der Waals surface area contributed by atoms with Crippen LogP contribution in [-0.4, -0.2) is 41.4 Å². The number of nitrogens with zero attached hydrogens (tertiary/aromatic N) is 3. The minimum Gasteiger partial charge on any atom is -0.337 e. The largest absolute Gasteiger partial charge is 0.337 e. The number of piperazine rings is 1. The molecule has 1 aliphatic heterocycles. The van der Waals surface area contributed by atoms with E-state index in [-0.39, 0.29) is 5.82 Å². The van der Waals surface area contributed by atoms with Crippen LogP contribution in [0.25, 0.3) is 11.4 Å². The monoisotopic (exact) mass is 247 g/mol. The fraction of sp³-hybridized carbons (Fsp3) is 0.333. The van der Waals surface area contributed by atoms with Crippen LogP contribution in [0.1, 0.15) is 0 Å². The number of halogens is 1. The van der Waals surface area contributed by atoms with Gasteiger partial charge in [0.1, 0.15) is 5.82 Å². The molecule has 1 saturated heterocycles. The fourth-order valence-electron chi connectivity index (χ4n) is 2.02. The Hall–Kier alpha value is -1.95. The van der Waals surface area contributed by atoms with Gasteiger partial charge in [-0.15, -0.1) is 5.10 Å². The Kier molecular flexibility index (Phi) is 2.93. The SMILES string of the molecule is Fc1cccc(-c2nc(N3CCNCC3)n[nH]2)c1. The maximum absolute atomic E-state index is 13.1. The molecule has 2 aromatic rings. The van der Waals surface area contributed by atoms with E-state index in [9.17, 15) is 4.39 Å². The molecule has 0 aliphatic carbocycles. The third-order valence-corrected chi connectivity index (χ3v) is 2.97. The third-order valence-electron chi connectivity index (χ3n) is 2.97. The van der Waals surface area contributed by atoms with E-state index in [0.29, 0.717) is 17.3 Å². The quantitative estimate of drug-likeness (QED) is 0.832. The molecule has 94 valence electrons. The molecule has 1 aromatic carbocycles. The molecule has 0 atom stereocenters. The topological polar surface area (TPSA) is 56.8 Å². The van der Waals surface area contributed by atoms with Crippen LogP contribution in [0.2, 0.25) is 0 Å². The van der Waals surface area contributed by atoms with Gasteiger partial charge in [-0.1, -0.05) is 12.1 Å². The molecule has 5 nitrogen and oxygen atoms in total. The van der Waals surface area contributed by atoms with Gasteiger partial charge in [0.2, 0.25) is 5.95 Å². The first-order valence-corrected chi connectivity index (χ1v) is 5.97. The number of nitrogens with one attached hydrogen (secondary N) is 2. The van der Waals surface area contributed by atoms with E-state index in [4.69, 9.17) is 0 Å². The molecule has 18 heavy (non-hydrogen) atoms. The van der Waals surface area contributed by atoms with Crippen molar-refractivity contribution in [3.8, 4) is 11.4 Å². The van der Waals surface area contributed by atoms with Gasteiger partial charge in [0, 0.05) is 31.7 Å². The predicted molar refractivity (Wildman–Crippen MR) is 66.9 cm³/mol. The number of rotatable bonds is 2. The average Bonchev–Trinajstić information content (AvgIpc) is 2.89. The lowest BCUT2D eigenvalue weighted by molar-refractivity contribution is 0.580. The molecule has 2 N–H and O–H groups in total. The van der Waals surface area contributed by atoms with Crippen LogP contribution in [0.15, 0.2) is 24.3 Å². The molecule has 1 aromatic heterocycles. The summed E-state index contributed by atoms with van der Waals surface area (Å²) in [5.41, 5.74) is 0.712. The van der Waals surface area contributed by atoms with Crippen molar-refractivity contribution in [3.05, 3.63) is 30.1 Å². The Labute approximate surface area is 104 Å². The van der Waals surface area contributed by atoms with Gasteiger partial charge in [0.05, 0.1) is 0 Å². The van der Waals surface area contributed by atoms with E-state index in [1.165, 1.54) is 12.1 Å². The molecule has 0 unspecified atom stereocenters. The molecule has 0 amide bonds. The van der Waals surface area contributed by atoms with Gasteiger partial charge in [-0.25, -0.2) is 4.39 Å². The Morgan fingerprint density at radius 3 is 2.83 bits per heavy atom. The van der Waals surface area contributed by atoms with Crippen molar-refractivity contribution in [2.75, 3.05) is 31.1 Å². The molecule has 1 fully saturated rings. The molecular formula is C12H14FN5. The predicted octanol–water partition coefficient (Wildman–Crippen LogP) is 1.02. The Bertz CT molecular complexity index is 533. The van der Waals surface area contributed by atoms with Crippen molar-refractivity contribution < 1.29 is 4.39 Å². The first-order chi connectivity index (χ1) is 8.83. The van der Waals surface area contributed by atoms with E-state index in [1.54, 1.807) is 6.07 Å². The summed E-state index contributed by atoms with van der Waals surface area (Å²) < 4.78 is 13.1. The van der Waals surface area contributed by atoms with Crippen molar-refractivity contribution in [2.45, 2.75) is 0 Å². The number of H-pyrrole nitrogens is 1. The highest BCUT2D eigenvalue weighted by molar-refractivity contribution is 5.56. The van der Waals surface area contributed by atoms with E-state index in [1.807, 2.05) is 6.07 Å². The number of anilines is 1. The summed E-state index contributed by atoms with van der Waals surface area (Å²) in [5.74, 6) is 1.01. The summed E-state index contributed by atoms with van der Waals surface area (Å²) in [6.07, 6.45) is 0.